The highest BCUT2D eigenvalue weighted by Crippen LogP contribution is 2.24. The number of aromatic nitrogens is 1. The average Bonchev–Trinajstić information content (AvgIpc) is 3.21. The summed E-state index contributed by atoms with van der Waals surface area (Å²) in [5.74, 6) is 1.06. The highest BCUT2D eigenvalue weighted by Gasteiger charge is 2.28. The maximum atomic E-state index is 13.1. The zero-order valence-electron chi connectivity index (χ0n) is 17.4. The van der Waals surface area contributed by atoms with Crippen LogP contribution in [0.25, 0.3) is 0 Å². The molecule has 1 fully saturated rings. The molecule has 2 aromatic carbocycles. The SMILES string of the molecule is Cc1cc(OC2CCN(C(=O)c3cccc(Oc4ccc(F)cc4)c3)C2)cc(=O)n1C. The van der Waals surface area contributed by atoms with Gasteiger partial charge in [-0.2, -0.15) is 0 Å². The lowest BCUT2D eigenvalue weighted by Crippen LogP contribution is -2.31. The van der Waals surface area contributed by atoms with Crippen LogP contribution in [0.4, 0.5) is 4.39 Å². The second kappa shape index (κ2) is 8.63. The Morgan fingerprint density at radius 3 is 2.55 bits per heavy atom. The Labute approximate surface area is 179 Å². The van der Waals surface area contributed by atoms with Crippen LogP contribution in [0.3, 0.4) is 0 Å². The van der Waals surface area contributed by atoms with E-state index >= 15 is 0 Å². The average molecular weight is 422 g/mol. The Bertz CT molecular complexity index is 1160. The third-order valence-corrected chi connectivity index (χ3v) is 5.34. The number of amides is 1. The Kier molecular flexibility index (Phi) is 5.75. The van der Waals surface area contributed by atoms with E-state index in [-0.39, 0.29) is 23.4 Å². The highest BCUT2D eigenvalue weighted by molar-refractivity contribution is 5.94. The number of likely N-dealkylation sites (tertiary alicyclic amines) is 1. The van der Waals surface area contributed by atoms with E-state index in [1.807, 2.05) is 13.0 Å². The largest absolute Gasteiger partial charge is 0.488 e. The van der Waals surface area contributed by atoms with Gasteiger partial charge < -0.3 is 18.9 Å². The second-order valence-corrected chi connectivity index (χ2v) is 7.59. The summed E-state index contributed by atoms with van der Waals surface area (Å²) in [7, 11) is 1.71. The lowest BCUT2D eigenvalue weighted by atomic mass is 10.2. The van der Waals surface area contributed by atoms with E-state index < -0.39 is 0 Å². The molecule has 31 heavy (non-hydrogen) atoms. The normalized spacial score (nSPS) is 15.7. The van der Waals surface area contributed by atoms with E-state index in [0.717, 1.165) is 5.69 Å². The summed E-state index contributed by atoms with van der Waals surface area (Å²) in [5.41, 5.74) is 1.19. The fraction of sp³-hybridized carbons (Fsp3) is 0.250. The molecule has 1 aliphatic rings. The third-order valence-electron chi connectivity index (χ3n) is 5.34. The van der Waals surface area contributed by atoms with Crippen molar-refractivity contribution in [3.8, 4) is 17.2 Å². The number of nitrogens with zero attached hydrogens (tertiary/aromatic N) is 2. The minimum absolute atomic E-state index is 0.115. The number of aryl methyl sites for hydroxylation is 1. The van der Waals surface area contributed by atoms with E-state index in [1.165, 1.54) is 30.3 Å². The molecule has 1 atom stereocenters. The molecule has 1 aliphatic heterocycles. The van der Waals surface area contributed by atoms with E-state index in [4.69, 9.17) is 9.47 Å². The van der Waals surface area contributed by atoms with Crippen molar-refractivity contribution in [2.45, 2.75) is 19.4 Å². The van der Waals surface area contributed by atoms with Crippen LogP contribution >= 0.6 is 0 Å². The van der Waals surface area contributed by atoms with Crippen molar-refractivity contribution in [3.63, 3.8) is 0 Å². The number of carbonyl (C=O) groups excluding carboxylic acids is 1. The van der Waals surface area contributed by atoms with Crippen molar-refractivity contribution in [3.05, 3.63) is 88.1 Å². The molecule has 0 bridgehead atoms. The summed E-state index contributed by atoms with van der Waals surface area (Å²) in [4.78, 5) is 26.7. The topological polar surface area (TPSA) is 60.8 Å². The van der Waals surface area contributed by atoms with Crippen molar-refractivity contribution in [1.82, 2.24) is 9.47 Å². The van der Waals surface area contributed by atoms with Gasteiger partial charge in [-0.3, -0.25) is 9.59 Å². The third kappa shape index (κ3) is 4.77. The number of hydrogen-bond donors (Lipinski definition) is 0. The molecule has 1 amide bonds. The number of ether oxygens (including phenoxy) is 2. The molecule has 160 valence electrons. The van der Waals surface area contributed by atoms with Crippen molar-refractivity contribution in [1.29, 1.82) is 0 Å². The number of halogens is 1. The van der Waals surface area contributed by atoms with Crippen LogP contribution in [0.15, 0.2) is 65.5 Å². The molecule has 1 saturated heterocycles. The smallest absolute Gasteiger partial charge is 0.254 e. The van der Waals surface area contributed by atoms with Gasteiger partial charge in [-0.15, -0.1) is 0 Å². The Morgan fingerprint density at radius 2 is 1.81 bits per heavy atom. The van der Waals surface area contributed by atoms with Gasteiger partial charge in [0, 0.05) is 37.3 Å². The first-order chi connectivity index (χ1) is 14.9. The van der Waals surface area contributed by atoms with E-state index in [0.29, 0.717) is 42.3 Å². The van der Waals surface area contributed by atoms with Gasteiger partial charge in [-0.1, -0.05) is 6.07 Å². The van der Waals surface area contributed by atoms with Crippen LogP contribution in [0.5, 0.6) is 17.2 Å². The Morgan fingerprint density at radius 1 is 1.03 bits per heavy atom. The predicted octanol–water partition coefficient (Wildman–Crippen LogP) is 3.92. The van der Waals surface area contributed by atoms with Crippen LogP contribution in [0, 0.1) is 12.7 Å². The van der Waals surface area contributed by atoms with Gasteiger partial charge in [0.2, 0.25) is 0 Å². The standard InChI is InChI=1S/C24H23FN2O4/c1-16-12-22(14-23(28)26(16)2)31-21-10-11-27(15-21)24(29)17-4-3-5-20(13-17)30-19-8-6-18(25)7-9-19/h3-9,12-14,21H,10-11,15H2,1-2H3. The minimum atomic E-state index is -0.340. The summed E-state index contributed by atoms with van der Waals surface area (Å²) in [6, 6.07) is 15.9. The van der Waals surface area contributed by atoms with Crippen LogP contribution in [0.1, 0.15) is 22.5 Å². The molecule has 0 radical (unpaired) electrons. The summed E-state index contributed by atoms with van der Waals surface area (Å²) >= 11 is 0. The van der Waals surface area contributed by atoms with Gasteiger partial charge in [0.1, 0.15) is 29.2 Å². The van der Waals surface area contributed by atoms with Gasteiger partial charge in [-0.05, 0) is 55.5 Å². The van der Waals surface area contributed by atoms with E-state index in [1.54, 1.807) is 40.8 Å². The fourth-order valence-electron chi connectivity index (χ4n) is 3.52. The first-order valence-electron chi connectivity index (χ1n) is 10.1. The first kappa shape index (κ1) is 20.7. The summed E-state index contributed by atoms with van der Waals surface area (Å²) in [6.07, 6.45) is 0.514. The number of pyridine rings is 1. The van der Waals surface area contributed by atoms with Gasteiger partial charge in [0.25, 0.3) is 11.5 Å². The second-order valence-electron chi connectivity index (χ2n) is 7.59. The quantitative estimate of drug-likeness (QED) is 0.625. The van der Waals surface area contributed by atoms with Crippen molar-refractivity contribution in [2.75, 3.05) is 13.1 Å². The van der Waals surface area contributed by atoms with Gasteiger partial charge >= 0.3 is 0 Å². The maximum absolute atomic E-state index is 13.1. The molecule has 0 aliphatic carbocycles. The zero-order valence-corrected chi connectivity index (χ0v) is 17.4. The van der Waals surface area contributed by atoms with Gasteiger partial charge in [0.15, 0.2) is 0 Å². The lowest BCUT2D eigenvalue weighted by molar-refractivity contribution is 0.0772. The van der Waals surface area contributed by atoms with E-state index in [9.17, 15) is 14.0 Å². The van der Waals surface area contributed by atoms with Crippen LogP contribution in [0.2, 0.25) is 0 Å². The Balaban J connectivity index is 1.41. The monoisotopic (exact) mass is 422 g/mol. The van der Waals surface area contributed by atoms with Crippen molar-refractivity contribution in [2.24, 2.45) is 7.05 Å². The van der Waals surface area contributed by atoms with Crippen molar-refractivity contribution < 1.29 is 18.7 Å². The number of hydrogen-bond acceptors (Lipinski definition) is 4. The molecule has 3 aromatic rings. The molecule has 1 aromatic heterocycles. The predicted molar refractivity (Wildman–Crippen MR) is 114 cm³/mol. The molecule has 2 heterocycles. The molecule has 6 nitrogen and oxygen atoms in total. The zero-order chi connectivity index (χ0) is 22.0. The van der Waals surface area contributed by atoms with Crippen LogP contribution in [-0.2, 0) is 7.05 Å². The number of benzene rings is 2. The Hall–Kier alpha value is -3.61. The molecule has 0 saturated carbocycles. The highest BCUT2D eigenvalue weighted by atomic mass is 19.1. The van der Waals surface area contributed by atoms with Crippen molar-refractivity contribution >= 4 is 5.91 Å². The molecule has 4 rings (SSSR count). The molecule has 7 heteroatoms. The molecule has 1 unspecified atom stereocenters. The summed E-state index contributed by atoms with van der Waals surface area (Å²) in [5, 5.41) is 0. The lowest BCUT2D eigenvalue weighted by Gasteiger charge is -2.18. The van der Waals surface area contributed by atoms with Gasteiger partial charge in [-0.25, -0.2) is 4.39 Å². The maximum Gasteiger partial charge on any atom is 0.254 e. The van der Waals surface area contributed by atoms with E-state index in [2.05, 4.69) is 0 Å². The van der Waals surface area contributed by atoms with Gasteiger partial charge in [0.05, 0.1) is 6.54 Å². The van der Waals surface area contributed by atoms with Crippen LogP contribution in [-0.4, -0.2) is 34.6 Å². The first-order valence-corrected chi connectivity index (χ1v) is 10.1. The molecule has 0 spiro atoms. The number of rotatable bonds is 5. The van der Waals surface area contributed by atoms with Crippen LogP contribution < -0.4 is 15.0 Å². The summed E-state index contributed by atoms with van der Waals surface area (Å²) < 4.78 is 26.3. The molecular weight excluding hydrogens is 399 g/mol. The summed E-state index contributed by atoms with van der Waals surface area (Å²) in [6.45, 7) is 2.85. The number of carbonyl (C=O) groups is 1. The minimum Gasteiger partial charge on any atom is -0.488 e. The fourth-order valence-corrected chi connectivity index (χ4v) is 3.52. The molecular formula is C24H23FN2O4. The molecule has 0 N–H and O–H groups in total.